The second kappa shape index (κ2) is 7.35. The Hall–Kier alpha value is -2.87. The largest absolute Gasteiger partial charge is 0.497 e. The van der Waals surface area contributed by atoms with Crippen molar-refractivity contribution in [2.75, 3.05) is 7.11 Å². The summed E-state index contributed by atoms with van der Waals surface area (Å²) in [6.07, 6.45) is 0. The zero-order chi connectivity index (χ0) is 18.6. The lowest BCUT2D eigenvalue weighted by Gasteiger charge is -2.21. The van der Waals surface area contributed by atoms with E-state index in [0.29, 0.717) is 10.2 Å². The molecule has 25 heavy (non-hydrogen) atoms. The number of ether oxygens (including phenoxy) is 1. The molecule has 0 saturated carbocycles. The van der Waals surface area contributed by atoms with Crippen LogP contribution >= 0.6 is 0 Å². The second-order valence-electron chi connectivity index (χ2n) is 5.27. The van der Waals surface area contributed by atoms with Gasteiger partial charge in [0.05, 0.1) is 12.0 Å². The summed E-state index contributed by atoms with van der Waals surface area (Å²) in [5.74, 6) is -1.15. The average molecular weight is 362 g/mol. The van der Waals surface area contributed by atoms with Crippen molar-refractivity contribution in [3.8, 4) is 5.75 Å². The topological polar surface area (TPSA) is 92.8 Å². The SMILES string of the molecule is COc1cccc(C(=O)NN(C(C)=O)S(=O)(=O)c2ccc(C)cc2)c1. The van der Waals surface area contributed by atoms with E-state index in [1.807, 2.05) is 6.92 Å². The van der Waals surface area contributed by atoms with Crippen LogP contribution in [0.3, 0.4) is 0 Å². The highest BCUT2D eigenvalue weighted by Crippen LogP contribution is 2.17. The molecule has 7 nitrogen and oxygen atoms in total. The molecule has 132 valence electrons. The normalized spacial score (nSPS) is 10.8. The van der Waals surface area contributed by atoms with Crippen LogP contribution in [0.1, 0.15) is 22.8 Å². The van der Waals surface area contributed by atoms with Gasteiger partial charge in [0.2, 0.25) is 0 Å². The van der Waals surface area contributed by atoms with Gasteiger partial charge in [-0.2, -0.15) is 8.42 Å². The first-order chi connectivity index (χ1) is 11.8. The van der Waals surface area contributed by atoms with Crippen LogP contribution in [0.25, 0.3) is 0 Å². The molecule has 0 bridgehead atoms. The van der Waals surface area contributed by atoms with Gasteiger partial charge in [-0.1, -0.05) is 23.8 Å². The molecule has 2 rings (SSSR count). The summed E-state index contributed by atoms with van der Waals surface area (Å²) < 4.78 is 30.6. The Morgan fingerprint density at radius 1 is 1.08 bits per heavy atom. The van der Waals surface area contributed by atoms with Crippen LogP contribution in [-0.4, -0.2) is 31.8 Å². The summed E-state index contributed by atoms with van der Waals surface area (Å²) in [5, 5.41) is 0. The number of hydrazine groups is 1. The third-order valence-electron chi connectivity index (χ3n) is 3.38. The fraction of sp³-hybridized carbons (Fsp3) is 0.176. The first kappa shape index (κ1) is 18.5. The number of benzene rings is 2. The van der Waals surface area contributed by atoms with Crippen LogP contribution in [0.15, 0.2) is 53.4 Å². The Bertz CT molecular complexity index is 892. The van der Waals surface area contributed by atoms with Gasteiger partial charge in [-0.25, -0.2) is 5.43 Å². The highest BCUT2D eigenvalue weighted by molar-refractivity contribution is 7.89. The predicted molar refractivity (Wildman–Crippen MR) is 91.3 cm³/mol. The number of hydrogen-bond donors (Lipinski definition) is 1. The van der Waals surface area contributed by atoms with Crippen molar-refractivity contribution in [3.63, 3.8) is 0 Å². The van der Waals surface area contributed by atoms with Gasteiger partial charge in [0.1, 0.15) is 5.75 Å². The number of amides is 2. The molecule has 0 heterocycles. The van der Waals surface area contributed by atoms with Crippen LogP contribution in [0, 0.1) is 6.92 Å². The lowest BCUT2D eigenvalue weighted by Crippen LogP contribution is -2.48. The van der Waals surface area contributed by atoms with Gasteiger partial charge in [-0.15, -0.1) is 4.41 Å². The van der Waals surface area contributed by atoms with E-state index in [9.17, 15) is 18.0 Å². The number of nitrogens with zero attached hydrogens (tertiary/aromatic N) is 1. The van der Waals surface area contributed by atoms with Gasteiger partial charge in [-0.05, 0) is 37.3 Å². The van der Waals surface area contributed by atoms with Crippen molar-refractivity contribution < 1.29 is 22.7 Å². The average Bonchev–Trinajstić information content (AvgIpc) is 2.59. The Morgan fingerprint density at radius 2 is 1.72 bits per heavy atom. The van der Waals surface area contributed by atoms with Crippen LogP contribution in [0.4, 0.5) is 0 Å². The first-order valence-electron chi connectivity index (χ1n) is 7.33. The molecule has 0 atom stereocenters. The van der Waals surface area contributed by atoms with Gasteiger partial charge >= 0.3 is 0 Å². The monoisotopic (exact) mass is 362 g/mol. The molecule has 0 radical (unpaired) electrons. The molecule has 1 N–H and O–H groups in total. The lowest BCUT2D eigenvalue weighted by molar-refractivity contribution is -0.125. The number of hydrogen-bond acceptors (Lipinski definition) is 5. The standard InChI is InChI=1S/C17H18N2O5S/c1-12-7-9-16(10-8-12)25(22,23)19(13(2)20)18-17(21)14-5-4-6-15(11-14)24-3/h4-11H,1-3H3,(H,18,21). The molecule has 0 saturated heterocycles. The molecular formula is C17H18N2O5S. The fourth-order valence-corrected chi connectivity index (χ4v) is 3.28. The van der Waals surface area contributed by atoms with Crippen LogP contribution < -0.4 is 10.2 Å². The summed E-state index contributed by atoms with van der Waals surface area (Å²) in [4.78, 5) is 24.1. The molecular weight excluding hydrogens is 344 g/mol. The Kier molecular flexibility index (Phi) is 5.43. The van der Waals surface area contributed by atoms with E-state index in [1.165, 1.54) is 31.4 Å². The molecule has 0 fully saturated rings. The van der Waals surface area contributed by atoms with E-state index in [4.69, 9.17) is 4.74 Å². The maximum Gasteiger partial charge on any atom is 0.284 e. The molecule has 0 aromatic heterocycles. The quantitative estimate of drug-likeness (QED) is 0.839. The van der Waals surface area contributed by atoms with Gasteiger partial charge in [0, 0.05) is 12.5 Å². The van der Waals surface area contributed by atoms with Crippen molar-refractivity contribution in [2.45, 2.75) is 18.7 Å². The first-order valence-corrected chi connectivity index (χ1v) is 8.77. The Morgan fingerprint density at radius 3 is 2.28 bits per heavy atom. The fourth-order valence-electron chi connectivity index (χ4n) is 2.04. The minimum Gasteiger partial charge on any atom is -0.497 e. The van der Waals surface area contributed by atoms with Crippen molar-refractivity contribution in [1.29, 1.82) is 0 Å². The van der Waals surface area contributed by atoms with Crippen molar-refractivity contribution in [3.05, 3.63) is 59.7 Å². The highest BCUT2D eigenvalue weighted by atomic mass is 32.2. The van der Waals surface area contributed by atoms with Crippen LogP contribution in [-0.2, 0) is 14.8 Å². The lowest BCUT2D eigenvalue weighted by atomic mass is 10.2. The summed E-state index contributed by atoms with van der Waals surface area (Å²) >= 11 is 0. The summed E-state index contributed by atoms with van der Waals surface area (Å²) in [5.41, 5.74) is 3.17. The molecule has 0 aliphatic carbocycles. The van der Waals surface area contributed by atoms with Gasteiger partial charge in [0.25, 0.3) is 21.8 Å². The smallest absolute Gasteiger partial charge is 0.284 e. The number of nitrogens with one attached hydrogen (secondary N) is 1. The third kappa shape index (κ3) is 4.16. The number of carbonyl (C=O) groups is 2. The summed E-state index contributed by atoms with van der Waals surface area (Å²) in [6, 6.07) is 12.1. The zero-order valence-corrected chi connectivity index (χ0v) is 14.8. The maximum absolute atomic E-state index is 12.6. The Balaban J connectivity index is 2.33. The summed E-state index contributed by atoms with van der Waals surface area (Å²) in [7, 11) is -2.77. The highest BCUT2D eigenvalue weighted by Gasteiger charge is 2.29. The van der Waals surface area contributed by atoms with E-state index in [2.05, 4.69) is 5.43 Å². The van der Waals surface area contributed by atoms with Crippen molar-refractivity contribution in [2.24, 2.45) is 0 Å². The number of carbonyl (C=O) groups excluding carboxylic acids is 2. The van der Waals surface area contributed by atoms with Crippen molar-refractivity contribution in [1.82, 2.24) is 9.84 Å². The summed E-state index contributed by atoms with van der Waals surface area (Å²) in [6.45, 7) is 2.86. The third-order valence-corrected chi connectivity index (χ3v) is 5.08. The minimum atomic E-state index is -4.22. The molecule has 2 aromatic rings. The van der Waals surface area contributed by atoms with Gasteiger partial charge in [-0.3, -0.25) is 9.59 Å². The van der Waals surface area contributed by atoms with Crippen LogP contribution in [0.2, 0.25) is 0 Å². The molecule has 0 spiro atoms. The molecule has 2 aromatic carbocycles. The number of aryl methyl sites for hydroxylation is 1. The molecule has 8 heteroatoms. The van der Waals surface area contributed by atoms with Gasteiger partial charge < -0.3 is 4.74 Å². The second-order valence-corrected chi connectivity index (χ2v) is 7.06. The van der Waals surface area contributed by atoms with E-state index in [0.717, 1.165) is 12.5 Å². The van der Waals surface area contributed by atoms with E-state index < -0.39 is 21.8 Å². The maximum atomic E-state index is 12.6. The number of rotatable bonds is 4. The number of sulfonamides is 1. The van der Waals surface area contributed by atoms with Gasteiger partial charge in [0.15, 0.2) is 0 Å². The number of methoxy groups -OCH3 is 1. The molecule has 0 aliphatic heterocycles. The van der Waals surface area contributed by atoms with E-state index >= 15 is 0 Å². The van der Waals surface area contributed by atoms with Crippen molar-refractivity contribution >= 4 is 21.8 Å². The Labute approximate surface area is 146 Å². The molecule has 0 unspecified atom stereocenters. The molecule has 2 amide bonds. The van der Waals surface area contributed by atoms with Crippen LogP contribution in [0.5, 0.6) is 5.75 Å². The zero-order valence-electron chi connectivity index (χ0n) is 14.0. The predicted octanol–water partition coefficient (Wildman–Crippen LogP) is 1.89. The van der Waals surface area contributed by atoms with E-state index in [1.54, 1.807) is 24.3 Å². The van der Waals surface area contributed by atoms with E-state index in [-0.39, 0.29) is 10.5 Å². The molecule has 0 aliphatic rings. The minimum absolute atomic E-state index is 0.0979.